The number of amides is 2. The summed E-state index contributed by atoms with van der Waals surface area (Å²) in [6, 6.07) is 1.64. The van der Waals surface area contributed by atoms with Gasteiger partial charge in [0, 0.05) is 30.4 Å². The Morgan fingerprint density at radius 1 is 1.41 bits per heavy atom. The highest BCUT2D eigenvalue weighted by atomic mass is 16.3. The third kappa shape index (κ3) is 3.32. The third-order valence-corrected chi connectivity index (χ3v) is 4.03. The zero-order chi connectivity index (χ0) is 16.3. The van der Waals surface area contributed by atoms with Gasteiger partial charge in [0.2, 0.25) is 0 Å². The van der Waals surface area contributed by atoms with E-state index < -0.39 is 0 Å². The van der Waals surface area contributed by atoms with Crippen LogP contribution in [0.5, 0.6) is 0 Å². The molecule has 0 saturated heterocycles. The van der Waals surface area contributed by atoms with E-state index in [4.69, 9.17) is 4.42 Å². The van der Waals surface area contributed by atoms with Crippen molar-refractivity contribution in [2.75, 3.05) is 0 Å². The van der Waals surface area contributed by atoms with Crippen molar-refractivity contribution in [2.24, 2.45) is 7.05 Å². The number of aromatic nitrogens is 2. The highest BCUT2D eigenvalue weighted by Gasteiger charge is 2.20. The molecule has 2 aromatic heterocycles. The molecule has 0 spiro atoms. The number of carbonyl (C=O) groups is 1. The number of carbonyl (C=O) groups excluding carboxylic acids is 1. The number of nitrogens with one attached hydrogen (secondary N) is 2. The monoisotopic (exact) mass is 304 g/mol. The van der Waals surface area contributed by atoms with E-state index in [1.807, 2.05) is 38.6 Å². The van der Waals surface area contributed by atoms with Gasteiger partial charge in [-0.2, -0.15) is 5.10 Å². The molecule has 1 atom stereocenters. The topological polar surface area (TPSA) is 72.1 Å². The average molecular weight is 304 g/mol. The van der Waals surface area contributed by atoms with Crippen LogP contribution in [-0.4, -0.2) is 15.8 Å². The fourth-order valence-corrected chi connectivity index (χ4v) is 2.65. The molecular formula is C16H24N4O2. The Balaban J connectivity index is 2.01. The molecule has 0 saturated carbocycles. The van der Waals surface area contributed by atoms with Crippen molar-refractivity contribution in [3.05, 3.63) is 40.6 Å². The summed E-state index contributed by atoms with van der Waals surface area (Å²) < 4.78 is 7.07. The van der Waals surface area contributed by atoms with Crippen molar-refractivity contribution in [3.8, 4) is 0 Å². The Hall–Kier alpha value is -2.24. The van der Waals surface area contributed by atoms with Crippen LogP contribution in [0.1, 0.15) is 47.7 Å². The smallest absolute Gasteiger partial charge is 0.315 e. The maximum Gasteiger partial charge on any atom is 0.315 e. The van der Waals surface area contributed by atoms with Crippen LogP contribution in [0.25, 0.3) is 0 Å². The van der Waals surface area contributed by atoms with Gasteiger partial charge < -0.3 is 15.1 Å². The first kappa shape index (κ1) is 16.1. The zero-order valence-corrected chi connectivity index (χ0v) is 13.9. The molecule has 2 N–H and O–H groups in total. The first-order valence-electron chi connectivity index (χ1n) is 7.51. The minimum atomic E-state index is -0.185. The van der Waals surface area contributed by atoms with E-state index in [0.29, 0.717) is 6.54 Å². The summed E-state index contributed by atoms with van der Waals surface area (Å²) in [5.41, 5.74) is 4.12. The van der Waals surface area contributed by atoms with Gasteiger partial charge in [-0.1, -0.05) is 6.92 Å². The summed E-state index contributed by atoms with van der Waals surface area (Å²) in [7, 11) is 1.92. The molecule has 120 valence electrons. The van der Waals surface area contributed by atoms with Crippen molar-refractivity contribution in [1.82, 2.24) is 20.4 Å². The van der Waals surface area contributed by atoms with Crippen LogP contribution >= 0.6 is 0 Å². The highest BCUT2D eigenvalue weighted by Crippen LogP contribution is 2.23. The van der Waals surface area contributed by atoms with Crippen molar-refractivity contribution in [2.45, 2.75) is 46.7 Å². The Bertz CT molecular complexity index is 657. The Morgan fingerprint density at radius 2 is 2.14 bits per heavy atom. The Kier molecular flexibility index (Phi) is 4.90. The van der Waals surface area contributed by atoms with E-state index in [0.717, 1.165) is 34.7 Å². The molecule has 0 aliphatic heterocycles. The molecule has 2 rings (SSSR count). The van der Waals surface area contributed by atoms with Crippen LogP contribution < -0.4 is 10.6 Å². The number of nitrogens with zero attached hydrogens (tertiary/aromatic N) is 2. The lowest BCUT2D eigenvalue weighted by atomic mass is 10.0. The largest absolute Gasteiger partial charge is 0.469 e. The summed E-state index contributed by atoms with van der Waals surface area (Å²) in [5.74, 6) is 0.825. The molecule has 0 radical (unpaired) electrons. The van der Waals surface area contributed by atoms with E-state index in [1.165, 1.54) is 0 Å². The summed E-state index contributed by atoms with van der Waals surface area (Å²) in [6.45, 7) is 8.38. The molecule has 22 heavy (non-hydrogen) atoms. The summed E-state index contributed by atoms with van der Waals surface area (Å²) in [4.78, 5) is 12.1. The van der Waals surface area contributed by atoms with E-state index in [2.05, 4.69) is 22.7 Å². The number of hydrogen-bond donors (Lipinski definition) is 2. The van der Waals surface area contributed by atoms with Gasteiger partial charge in [-0.05, 0) is 33.3 Å². The third-order valence-electron chi connectivity index (χ3n) is 4.03. The fraction of sp³-hybridized carbons (Fsp3) is 0.500. The van der Waals surface area contributed by atoms with Crippen LogP contribution in [-0.2, 0) is 13.6 Å². The lowest BCUT2D eigenvalue weighted by Crippen LogP contribution is -2.37. The number of rotatable bonds is 5. The van der Waals surface area contributed by atoms with Crippen molar-refractivity contribution in [3.63, 3.8) is 0 Å². The van der Waals surface area contributed by atoms with Crippen molar-refractivity contribution in [1.29, 1.82) is 0 Å². The summed E-state index contributed by atoms with van der Waals surface area (Å²) in [5, 5.41) is 10.3. The van der Waals surface area contributed by atoms with Crippen LogP contribution in [0.4, 0.5) is 4.79 Å². The van der Waals surface area contributed by atoms with Crippen LogP contribution in [0.2, 0.25) is 0 Å². The molecule has 0 bridgehead atoms. The van der Waals surface area contributed by atoms with Gasteiger partial charge in [0.1, 0.15) is 5.76 Å². The molecule has 0 aliphatic carbocycles. The second kappa shape index (κ2) is 6.68. The predicted octanol–water partition coefficient (Wildman–Crippen LogP) is 2.89. The van der Waals surface area contributed by atoms with Crippen LogP contribution in [0.3, 0.4) is 0 Å². The van der Waals surface area contributed by atoms with Crippen LogP contribution in [0.15, 0.2) is 16.7 Å². The first-order chi connectivity index (χ1) is 10.4. The molecular weight excluding hydrogens is 280 g/mol. The summed E-state index contributed by atoms with van der Waals surface area (Å²) >= 11 is 0. The highest BCUT2D eigenvalue weighted by molar-refractivity contribution is 5.74. The maximum absolute atomic E-state index is 12.1. The van der Waals surface area contributed by atoms with Gasteiger partial charge in [-0.15, -0.1) is 0 Å². The lowest BCUT2D eigenvalue weighted by molar-refractivity contribution is 0.236. The molecule has 6 heteroatoms. The second-order valence-electron chi connectivity index (χ2n) is 5.50. The van der Waals surface area contributed by atoms with Crippen molar-refractivity contribution < 1.29 is 9.21 Å². The second-order valence-corrected chi connectivity index (χ2v) is 5.50. The van der Waals surface area contributed by atoms with Gasteiger partial charge >= 0.3 is 6.03 Å². The molecule has 2 amide bonds. The molecule has 0 aliphatic rings. The van der Waals surface area contributed by atoms with Crippen LogP contribution in [0, 0.1) is 20.8 Å². The minimum Gasteiger partial charge on any atom is -0.469 e. The number of aryl methyl sites for hydroxylation is 3. The van der Waals surface area contributed by atoms with Gasteiger partial charge in [-0.3, -0.25) is 4.68 Å². The van der Waals surface area contributed by atoms with Gasteiger partial charge in [0.25, 0.3) is 0 Å². The molecule has 2 heterocycles. The van der Waals surface area contributed by atoms with E-state index in [1.54, 1.807) is 6.26 Å². The van der Waals surface area contributed by atoms with Crippen molar-refractivity contribution >= 4 is 6.03 Å². The molecule has 0 fully saturated rings. The molecule has 6 nitrogen and oxygen atoms in total. The Morgan fingerprint density at radius 3 is 2.64 bits per heavy atom. The normalized spacial score (nSPS) is 12.2. The van der Waals surface area contributed by atoms with Gasteiger partial charge in [-0.25, -0.2) is 4.79 Å². The van der Waals surface area contributed by atoms with Gasteiger partial charge in [0.05, 0.1) is 18.0 Å². The fourth-order valence-electron chi connectivity index (χ4n) is 2.65. The maximum atomic E-state index is 12.1. The Labute approximate surface area is 130 Å². The molecule has 2 aromatic rings. The van der Waals surface area contributed by atoms with E-state index in [9.17, 15) is 4.79 Å². The van der Waals surface area contributed by atoms with E-state index >= 15 is 0 Å². The predicted molar refractivity (Wildman–Crippen MR) is 84.5 cm³/mol. The van der Waals surface area contributed by atoms with Gasteiger partial charge in [0.15, 0.2) is 0 Å². The quantitative estimate of drug-likeness (QED) is 0.892. The standard InChI is InChI=1S/C16H24N4O2/c1-6-14(15-10(2)19-20(5)11(15)3)18-16(21)17-9-13-7-8-22-12(13)4/h7-8,14H,6,9H2,1-5H3,(H2,17,18,21)/t14-/m1/s1. The zero-order valence-electron chi connectivity index (χ0n) is 13.9. The summed E-state index contributed by atoms with van der Waals surface area (Å²) in [6.07, 6.45) is 2.44. The SMILES string of the molecule is CC[C@@H](NC(=O)NCc1ccoc1C)c1c(C)nn(C)c1C. The number of urea groups is 1. The average Bonchev–Trinajstić information content (AvgIpc) is 2.99. The number of furan rings is 1. The minimum absolute atomic E-state index is 0.0425. The first-order valence-corrected chi connectivity index (χ1v) is 7.51. The molecule has 0 unspecified atom stereocenters. The number of hydrogen-bond acceptors (Lipinski definition) is 3. The lowest BCUT2D eigenvalue weighted by Gasteiger charge is -2.18. The van der Waals surface area contributed by atoms with E-state index in [-0.39, 0.29) is 12.1 Å². The molecule has 0 aromatic carbocycles.